The van der Waals surface area contributed by atoms with E-state index in [9.17, 15) is 0 Å². The molecular weight excluding hydrogens is 264 g/mol. The normalized spacial score (nSPS) is 10.2. The van der Waals surface area contributed by atoms with Crippen LogP contribution in [0.4, 0.5) is 5.69 Å². The number of rotatable bonds is 4. The number of benzene rings is 1. The monoisotopic (exact) mass is 280 g/mol. The van der Waals surface area contributed by atoms with E-state index in [-0.39, 0.29) is 0 Å². The quantitative estimate of drug-likeness (QED) is 0.839. The van der Waals surface area contributed by atoms with Crippen LogP contribution >= 0.6 is 15.9 Å². The molecule has 0 N–H and O–H groups in total. The van der Waals surface area contributed by atoms with E-state index >= 15 is 0 Å². The van der Waals surface area contributed by atoms with Crippen molar-refractivity contribution < 1.29 is 0 Å². The van der Waals surface area contributed by atoms with E-state index in [1.54, 1.807) is 0 Å². The zero-order valence-electron chi connectivity index (χ0n) is 10.00. The predicted molar refractivity (Wildman–Crippen MR) is 71.6 cm³/mol. The Kier molecular flexibility index (Phi) is 4.82. The van der Waals surface area contributed by atoms with E-state index < -0.39 is 0 Å². The molecule has 86 valence electrons. The van der Waals surface area contributed by atoms with Gasteiger partial charge in [0, 0.05) is 18.1 Å². The average Bonchev–Trinajstić information content (AvgIpc) is 2.25. The number of anilines is 1. The molecule has 3 heteroatoms. The van der Waals surface area contributed by atoms with E-state index in [0.29, 0.717) is 5.92 Å². The van der Waals surface area contributed by atoms with Crippen LogP contribution in [0.25, 0.3) is 0 Å². The third-order valence-corrected chi connectivity index (χ3v) is 3.03. The van der Waals surface area contributed by atoms with Gasteiger partial charge in [-0.25, -0.2) is 0 Å². The Morgan fingerprint density at radius 3 is 2.69 bits per heavy atom. The summed E-state index contributed by atoms with van der Waals surface area (Å²) < 4.78 is 1.01. The molecule has 1 aromatic carbocycles. The molecule has 0 amide bonds. The Hall–Kier alpha value is -1.01. The standard InChI is InChI=1S/C13H17BrN2/c1-10(2)6-7-16(3)13-8-12(14)5-4-11(13)9-15/h4-5,8,10H,6-7H2,1-3H3. The lowest BCUT2D eigenvalue weighted by molar-refractivity contribution is 0.585. The number of nitriles is 1. The number of hydrogen-bond acceptors (Lipinski definition) is 2. The van der Waals surface area contributed by atoms with Gasteiger partial charge < -0.3 is 4.90 Å². The molecule has 0 bridgehead atoms. The first-order chi connectivity index (χ1) is 7.54. The molecule has 0 fully saturated rings. The summed E-state index contributed by atoms with van der Waals surface area (Å²) in [6.45, 7) is 5.39. The fraction of sp³-hybridized carbons (Fsp3) is 0.462. The van der Waals surface area contributed by atoms with E-state index in [4.69, 9.17) is 5.26 Å². The summed E-state index contributed by atoms with van der Waals surface area (Å²) in [7, 11) is 2.03. The zero-order chi connectivity index (χ0) is 12.1. The summed E-state index contributed by atoms with van der Waals surface area (Å²) in [5.41, 5.74) is 1.73. The van der Waals surface area contributed by atoms with Crippen molar-refractivity contribution in [1.29, 1.82) is 5.26 Å². The fourth-order valence-electron chi connectivity index (χ4n) is 1.49. The van der Waals surface area contributed by atoms with E-state index in [2.05, 4.69) is 40.7 Å². The van der Waals surface area contributed by atoms with Crippen LogP contribution < -0.4 is 4.90 Å². The lowest BCUT2D eigenvalue weighted by Crippen LogP contribution is -2.20. The molecule has 0 aliphatic carbocycles. The largest absolute Gasteiger partial charge is 0.373 e. The van der Waals surface area contributed by atoms with Crippen LogP contribution in [0.15, 0.2) is 22.7 Å². The number of hydrogen-bond donors (Lipinski definition) is 0. The number of nitrogens with zero attached hydrogens (tertiary/aromatic N) is 2. The molecule has 0 atom stereocenters. The second-order valence-corrected chi connectivity index (χ2v) is 5.29. The highest BCUT2D eigenvalue weighted by Gasteiger charge is 2.08. The molecule has 0 aliphatic rings. The maximum Gasteiger partial charge on any atom is 0.101 e. The van der Waals surface area contributed by atoms with Crippen LogP contribution in [-0.4, -0.2) is 13.6 Å². The lowest BCUT2D eigenvalue weighted by atomic mass is 10.1. The first-order valence-corrected chi connectivity index (χ1v) is 6.24. The summed E-state index contributed by atoms with van der Waals surface area (Å²) >= 11 is 3.44. The van der Waals surface area contributed by atoms with Gasteiger partial charge in [0.05, 0.1) is 11.3 Å². The highest BCUT2D eigenvalue weighted by molar-refractivity contribution is 9.10. The first kappa shape index (κ1) is 13.1. The van der Waals surface area contributed by atoms with Crippen LogP contribution in [0.3, 0.4) is 0 Å². The van der Waals surface area contributed by atoms with Crippen molar-refractivity contribution in [2.75, 3.05) is 18.5 Å². The Balaban J connectivity index is 2.85. The lowest BCUT2D eigenvalue weighted by Gasteiger charge is -2.21. The average molecular weight is 281 g/mol. The van der Waals surface area contributed by atoms with Crippen molar-refractivity contribution in [1.82, 2.24) is 0 Å². The maximum atomic E-state index is 9.04. The summed E-state index contributed by atoms with van der Waals surface area (Å²) in [6.07, 6.45) is 1.13. The second-order valence-electron chi connectivity index (χ2n) is 4.38. The maximum absolute atomic E-state index is 9.04. The van der Waals surface area contributed by atoms with Crippen LogP contribution in [0.2, 0.25) is 0 Å². The van der Waals surface area contributed by atoms with E-state index in [1.807, 2.05) is 25.2 Å². The van der Waals surface area contributed by atoms with Gasteiger partial charge in [0.1, 0.15) is 6.07 Å². The Labute approximate surface area is 106 Å². The van der Waals surface area contributed by atoms with Crippen LogP contribution in [-0.2, 0) is 0 Å². The van der Waals surface area contributed by atoms with Crippen molar-refractivity contribution in [3.63, 3.8) is 0 Å². The number of halogens is 1. The zero-order valence-corrected chi connectivity index (χ0v) is 11.6. The molecule has 0 saturated heterocycles. The smallest absolute Gasteiger partial charge is 0.101 e. The molecule has 2 nitrogen and oxygen atoms in total. The van der Waals surface area contributed by atoms with Gasteiger partial charge in [-0.2, -0.15) is 5.26 Å². The Bertz CT molecular complexity index is 393. The van der Waals surface area contributed by atoms with Crippen LogP contribution in [0, 0.1) is 17.2 Å². The topological polar surface area (TPSA) is 27.0 Å². The van der Waals surface area contributed by atoms with Crippen molar-refractivity contribution in [2.45, 2.75) is 20.3 Å². The van der Waals surface area contributed by atoms with Gasteiger partial charge in [-0.15, -0.1) is 0 Å². The Morgan fingerprint density at radius 1 is 1.44 bits per heavy atom. The van der Waals surface area contributed by atoms with E-state index in [0.717, 1.165) is 28.7 Å². The summed E-state index contributed by atoms with van der Waals surface area (Å²) in [4.78, 5) is 2.14. The van der Waals surface area contributed by atoms with Gasteiger partial charge in [0.2, 0.25) is 0 Å². The molecule has 0 saturated carbocycles. The third-order valence-electron chi connectivity index (χ3n) is 2.53. The molecule has 16 heavy (non-hydrogen) atoms. The molecule has 0 radical (unpaired) electrons. The van der Waals surface area contributed by atoms with Gasteiger partial charge in [-0.05, 0) is 30.5 Å². The molecule has 0 spiro atoms. The summed E-state index contributed by atoms with van der Waals surface area (Å²) in [5.74, 6) is 0.681. The van der Waals surface area contributed by atoms with Crippen LogP contribution in [0.5, 0.6) is 0 Å². The summed E-state index contributed by atoms with van der Waals surface area (Å²) in [6, 6.07) is 7.98. The Morgan fingerprint density at radius 2 is 2.12 bits per heavy atom. The first-order valence-electron chi connectivity index (χ1n) is 5.45. The van der Waals surface area contributed by atoms with Crippen molar-refractivity contribution >= 4 is 21.6 Å². The van der Waals surface area contributed by atoms with Gasteiger partial charge in [0.15, 0.2) is 0 Å². The van der Waals surface area contributed by atoms with Crippen LogP contribution in [0.1, 0.15) is 25.8 Å². The minimum atomic E-state index is 0.681. The SMILES string of the molecule is CC(C)CCN(C)c1cc(Br)ccc1C#N. The molecule has 0 aromatic heterocycles. The van der Waals surface area contributed by atoms with Gasteiger partial charge in [-0.3, -0.25) is 0 Å². The molecule has 0 heterocycles. The van der Waals surface area contributed by atoms with Crippen molar-refractivity contribution in [3.05, 3.63) is 28.2 Å². The van der Waals surface area contributed by atoms with Crippen molar-refractivity contribution in [2.24, 2.45) is 5.92 Å². The predicted octanol–water partition coefficient (Wildman–Crippen LogP) is 3.80. The van der Waals surface area contributed by atoms with E-state index in [1.165, 1.54) is 0 Å². The minimum absolute atomic E-state index is 0.681. The summed E-state index contributed by atoms with van der Waals surface area (Å²) in [5, 5.41) is 9.04. The molecule has 1 rings (SSSR count). The van der Waals surface area contributed by atoms with Crippen molar-refractivity contribution in [3.8, 4) is 6.07 Å². The van der Waals surface area contributed by atoms with Gasteiger partial charge in [0.25, 0.3) is 0 Å². The molecule has 0 unspecified atom stereocenters. The molecular formula is C13H17BrN2. The molecule has 1 aromatic rings. The van der Waals surface area contributed by atoms with Gasteiger partial charge >= 0.3 is 0 Å². The van der Waals surface area contributed by atoms with Gasteiger partial charge in [-0.1, -0.05) is 29.8 Å². The highest BCUT2D eigenvalue weighted by atomic mass is 79.9. The highest BCUT2D eigenvalue weighted by Crippen LogP contribution is 2.24. The third kappa shape index (κ3) is 3.53. The minimum Gasteiger partial charge on any atom is -0.373 e. The second kappa shape index (κ2) is 5.91. The molecule has 0 aliphatic heterocycles. The fourth-order valence-corrected chi connectivity index (χ4v) is 1.84.